The molecule has 0 saturated carbocycles. The van der Waals surface area contributed by atoms with Crippen molar-refractivity contribution in [1.29, 1.82) is 0 Å². The van der Waals surface area contributed by atoms with Crippen LogP contribution in [0.15, 0.2) is 42.1 Å². The minimum atomic E-state index is -1.12. The number of hydrogen-bond donors (Lipinski definition) is 1. The molecule has 1 aliphatic heterocycles. The number of carbonyl (C=O) groups is 6. The normalized spacial score (nSPS) is 16.1. The van der Waals surface area contributed by atoms with Crippen molar-refractivity contribution in [3.8, 4) is 0 Å². The second-order valence-electron chi connectivity index (χ2n) is 16.7. The predicted octanol–water partition coefficient (Wildman–Crippen LogP) is 5.26. The quantitative estimate of drug-likeness (QED) is 0.244. The number of ether oxygens (including phenoxy) is 1. The van der Waals surface area contributed by atoms with E-state index in [0.29, 0.717) is 5.06 Å². The third-order valence-electron chi connectivity index (χ3n) is 9.39. The summed E-state index contributed by atoms with van der Waals surface area (Å²) in [5, 5.41) is 4.42. The molecule has 13 nitrogen and oxygen atoms in total. The largest absolute Gasteiger partial charge is 0.444 e. The Kier molecular flexibility index (Phi) is 12.4. The molecule has 3 atom stereocenters. The van der Waals surface area contributed by atoms with E-state index in [1.54, 1.807) is 33.9 Å². The lowest BCUT2D eigenvalue weighted by Crippen LogP contribution is -2.63. The Morgan fingerprint density at radius 1 is 0.904 bits per heavy atom. The molecule has 0 spiro atoms. The third kappa shape index (κ3) is 9.21. The Morgan fingerprint density at radius 2 is 1.46 bits per heavy atom. The zero-order valence-electron chi connectivity index (χ0n) is 33.2. The molecule has 1 fully saturated rings. The van der Waals surface area contributed by atoms with E-state index in [0.717, 1.165) is 16.5 Å². The summed E-state index contributed by atoms with van der Waals surface area (Å²) < 4.78 is 7.70. The second-order valence-corrected chi connectivity index (χ2v) is 16.7. The first-order valence-corrected chi connectivity index (χ1v) is 17.6. The van der Waals surface area contributed by atoms with Gasteiger partial charge in [-0.15, -0.1) is 5.06 Å². The highest BCUT2D eigenvalue weighted by atomic mass is 16.7. The van der Waals surface area contributed by atoms with E-state index in [4.69, 9.17) is 9.57 Å². The van der Waals surface area contributed by atoms with Gasteiger partial charge in [-0.1, -0.05) is 72.7 Å². The highest BCUT2D eigenvalue weighted by molar-refractivity contribution is 6.02. The average Bonchev–Trinajstić information content (AvgIpc) is 3.54. The number of benzene rings is 1. The van der Waals surface area contributed by atoms with Gasteiger partial charge in [0.2, 0.25) is 11.8 Å². The van der Waals surface area contributed by atoms with E-state index < -0.39 is 70.2 Å². The van der Waals surface area contributed by atoms with E-state index in [1.807, 2.05) is 90.5 Å². The minimum Gasteiger partial charge on any atom is -0.444 e. The van der Waals surface area contributed by atoms with Crippen LogP contribution in [-0.2, 0) is 46.0 Å². The number of para-hydroxylation sites is 1. The minimum absolute atomic E-state index is 0.0335. The molecule has 1 N–H and O–H groups in total. The third-order valence-corrected chi connectivity index (χ3v) is 9.39. The van der Waals surface area contributed by atoms with Gasteiger partial charge in [0.15, 0.2) is 0 Å². The lowest BCUT2D eigenvalue weighted by molar-refractivity contribution is -0.194. The smallest absolute Gasteiger partial charge is 0.410 e. The fourth-order valence-corrected chi connectivity index (χ4v) is 6.54. The second kappa shape index (κ2) is 15.5. The van der Waals surface area contributed by atoms with Gasteiger partial charge in [-0.3, -0.25) is 24.1 Å². The van der Waals surface area contributed by atoms with Crippen LogP contribution in [0.25, 0.3) is 10.9 Å². The number of hydroxylamine groups is 2. The monoisotopic (exact) mass is 723 g/mol. The van der Waals surface area contributed by atoms with E-state index in [-0.39, 0.29) is 24.3 Å². The van der Waals surface area contributed by atoms with E-state index >= 15 is 0 Å². The first-order valence-electron chi connectivity index (χ1n) is 17.6. The molecule has 0 radical (unpaired) electrons. The number of nitrogens with zero attached hydrogens (tertiary/aromatic N) is 4. The van der Waals surface area contributed by atoms with E-state index in [2.05, 4.69) is 5.32 Å². The van der Waals surface area contributed by atoms with Crippen LogP contribution in [0.3, 0.4) is 0 Å². The number of fused-ring (bicyclic) bond motifs is 1. The Bertz CT molecular complexity index is 1730. The predicted molar refractivity (Wildman–Crippen MR) is 197 cm³/mol. The topological polar surface area (TPSA) is 148 Å². The molecule has 1 saturated heterocycles. The first kappa shape index (κ1) is 41.7. The summed E-state index contributed by atoms with van der Waals surface area (Å²) in [5.74, 6) is -3.25. The molecule has 1 aliphatic rings. The Morgan fingerprint density at radius 3 is 1.98 bits per heavy atom. The summed E-state index contributed by atoms with van der Waals surface area (Å²) in [6.07, 6.45) is 2.75. The van der Waals surface area contributed by atoms with Gasteiger partial charge in [0, 0.05) is 62.1 Å². The molecule has 1 aromatic carbocycles. The maximum Gasteiger partial charge on any atom is 0.410 e. The van der Waals surface area contributed by atoms with Crippen molar-refractivity contribution in [2.24, 2.45) is 18.4 Å². The van der Waals surface area contributed by atoms with Crippen LogP contribution in [0.4, 0.5) is 4.79 Å². The Labute approximate surface area is 307 Å². The van der Waals surface area contributed by atoms with Gasteiger partial charge in [0.25, 0.3) is 11.8 Å². The van der Waals surface area contributed by atoms with Crippen LogP contribution in [0, 0.1) is 11.3 Å². The SMILES string of the molecule is C/C(=C\C(C(C)C)N(C)C(=O)C(NC(=O)C(N(C)C(=O)OC(C)(C)C)C(C)(C)c1cn(C)c2ccccc12)C(C)(C)C)C(=O)ON1C(=O)CCC1=O. The van der Waals surface area contributed by atoms with Gasteiger partial charge < -0.3 is 24.4 Å². The van der Waals surface area contributed by atoms with Crippen molar-refractivity contribution in [2.45, 2.75) is 118 Å². The highest BCUT2D eigenvalue weighted by Crippen LogP contribution is 2.37. The van der Waals surface area contributed by atoms with Crippen molar-refractivity contribution >= 4 is 46.6 Å². The van der Waals surface area contributed by atoms with Crippen LogP contribution in [0.5, 0.6) is 0 Å². The number of carbonyl (C=O) groups excluding carboxylic acids is 6. The molecular weight excluding hydrogens is 666 g/mol. The van der Waals surface area contributed by atoms with Crippen molar-refractivity contribution in [2.75, 3.05) is 14.1 Å². The van der Waals surface area contributed by atoms with Crippen molar-refractivity contribution in [3.63, 3.8) is 0 Å². The van der Waals surface area contributed by atoms with Crippen LogP contribution < -0.4 is 5.32 Å². The van der Waals surface area contributed by atoms with Gasteiger partial charge in [0.05, 0.1) is 6.04 Å². The number of imide groups is 1. The average molecular weight is 724 g/mol. The van der Waals surface area contributed by atoms with Gasteiger partial charge in [-0.25, -0.2) is 9.59 Å². The molecule has 2 aromatic rings. The molecular formula is C39H57N5O8. The van der Waals surface area contributed by atoms with Crippen LogP contribution in [0.2, 0.25) is 0 Å². The number of aryl methyl sites for hydroxylation is 1. The number of amides is 5. The lowest BCUT2D eigenvalue weighted by atomic mass is 9.76. The molecule has 3 rings (SSSR count). The number of aromatic nitrogens is 1. The summed E-state index contributed by atoms with van der Waals surface area (Å²) in [6, 6.07) is 4.99. The zero-order valence-corrected chi connectivity index (χ0v) is 33.2. The molecule has 2 heterocycles. The van der Waals surface area contributed by atoms with Crippen LogP contribution in [-0.4, -0.2) is 92.9 Å². The summed E-state index contributed by atoms with van der Waals surface area (Å²) in [6.45, 7) is 19.8. The molecule has 286 valence electrons. The fourth-order valence-electron chi connectivity index (χ4n) is 6.54. The lowest BCUT2D eigenvalue weighted by Gasteiger charge is -2.42. The van der Waals surface area contributed by atoms with E-state index in [1.165, 1.54) is 23.8 Å². The van der Waals surface area contributed by atoms with Gasteiger partial charge >= 0.3 is 12.1 Å². The molecule has 3 unspecified atom stereocenters. The highest BCUT2D eigenvalue weighted by Gasteiger charge is 2.47. The number of likely N-dealkylation sites (N-methyl/N-ethyl adjacent to an activating group) is 2. The number of rotatable bonds is 11. The van der Waals surface area contributed by atoms with Gasteiger partial charge in [0.1, 0.15) is 17.7 Å². The van der Waals surface area contributed by atoms with Crippen molar-refractivity contribution in [1.82, 2.24) is 24.7 Å². The molecule has 13 heteroatoms. The van der Waals surface area contributed by atoms with Crippen molar-refractivity contribution < 1.29 is 38.3 Å². The van der Waals surface area contributed by atoms with Crippen molar-refractivity contribution in [3.05, 3.63) is 47.7 Å². The molecule has 0 aliphatic carbocycles. The Hall–Kier alpha value is -4.68. The molecule has 52 heavy (non-hydrogen) atoms. The van der Waals surface area contributed by atoms with Crippen LogP contribution >= 0.6 is 0 Å². The molecule has 1 aromatic heterocycles. The zero-order chi connectivity index (χ0) is 39.7. The van der Waals surface area contributed by atoms with E-state index in [9.17, 15) is 28.8 Å². The number of nitrogens with one attached hydrogen (secondary N) is 1. The summed E-state index contributed by atoms with van der Waals surface area (Å²) in [4.78, 5) is 87.6. The first-order chi connectivity index (χ1) is 23.8. The Balaban J connectivity index is 2.02. The van der Waals surface area contributed by atoms with Gasteiger partial charge in [-0.2, -0.15) is 0 Å². The number of hydrogen-bond acceptors (Lipinski definition) is 8. The summed E-state index contributed by atoms with van der Waals surface area (Å²) >= 11 is 0. The summed E-state index contributed by atoms with van der Waals surface area (Å²) in [7, 11) is 5.03. The molecule has 0 bridgehead atoms. The van der Waals surface area contributed by atoms with Gasteiger partial charge in [-0.05, 0) is 50.7 Å². The standard InChI is InChI=1S/C39H57N5O8/c1-23(2)28(21-24(3)35(49)52-44-29(45)19-20-30(44)46)42(13)34(48)31(37(4,5)6)40-33(47)32(43(14)36(50)51-38(7,8)9)39(10,11)26-22-41(12)27-18-16-15-17-25(26)27/h15-18,21-23,28,31-32H,19-20H2,1-14H3,(H,40,47)/b24-21+. The molecule has 5 amide bonds. The maximum atomic E-state index is 14.7. The summed E-state index contributed by atoms with van der Waals surface area (Å²) in [5.41, 5.74) is -0.715. The maximum absolute atomic E-state index is 14.7. The van der Waals surface area contributed by atoms with Crippen LogP contribution in [0.1, 0.15) is 94.6 Å². The fraction of sp³-hybridized carbons (Fsp3) is 0.590.